The van der Waals surface area contributed by atoms with Crippen molar-refractivity contribution in [1.82, 2.24) is 0 Å². The first-order chi connectivity index (χ1) is 8.39. The quantitative estimate of drug-likeness (QED) is 0.904. The van der Waals surface area contributed by atoms with Crippen LogP contribution in [0.1, 0.15) is 36.4 Å². The first kappa shape index (κ1) is 13.4. The molecule has 1 aromatic carbocycles. The molecule has 0 bridgehead atoms. The number of alkyl halides is 3. The first-order valence-electron chi connectivity index (χ1n) is 5.87. The van der Waals surface area contributed by atoms with Crippen molar-refractivity contribution in [3.05, 3.63) is 35.4 Å². The number of methoxy groups -OCH3 is 1. The Balaban J connectivity index is 2.28. The van der Waals surface area contributed by atoms with Crippen molar-refractivity contribution < 1.29 is 17.9 Å². The molecule has 1 aliphatic carbocycles. The van der Waals surface area contributed by atoms with Crippen LogP contribution >= 0.6 is 0 Å². The average molecular weight is 259 g/mol. The minimum absolute atomic E-state index is 0.478. The van der Waals surface area contributed by atoms with Gasteiger partial charge in [-0.05, 0) is 37.0 Å². The molecule has 2 N–H and O–H groups in total. The van der Waals surface area contributed by atoms with E-state index in [1.807, 2.05) is 0 Å². The molecule has 0 heterocycles. The summed E-state index contributed by atoms with van der Waals surface area (Å²) in [5.74, 6) is 0. The second-order valence-corrected chi connectivity index (χ2v) is 4.72. The van der Waals surface area contributed by atoms with Gasteiger partial charge in [-0.3, -0.25) is 0 Å². The minimum Gasteiger partial charge on any atom is -0.376 e. The molecule has 18 heavy (non-hydrogen) atoms. The third kappa shape index (κ3) is 2.24. The van der Waals surface area contributed by atoms with E-state index in [2.05, 4.69) is 0 Å². The van der Waals surface area contributed by atoms with Crippen LogP contribution in [0, 0.1) is 0 Å². The molecule has 1 atom stereocenters. The summed E-state index contributed by atoms with van der Waals surface area (Å²) < 4.78 is 43.3. The van der Waals surface area contributed by atoms with Gasteiger partial charge in [0.2, 0.25) is 0 Å². The van der Waals surface area contributed by atoms with Crippen LogP contribution in [0.5, 0.6) is 0 Å². The van der Waals surface area contributed by atoms with E-state index >= 15 is 0 Å². The van der Waals surface area contributed by atoms with Gasteiger partial charge in [0.15, 0.2) is 0 Å². The third-order valence-corrected chi connectivity index (χ3v) is 3.75. The van der Waals surface area contributed by atoms with E-state index in [-0.39, 0.29) is 0 Å². The van der Waals surface area contributed by atoms with Gasteiger partial charge in [0, 0.05) is 7.11 Å². The lowest BCUT2D eigenvalue weighted by molar-refractivity contribution is -0.137. The largest absolute Gasteiger partial charge is 0.416 e. The summed E-state index contributed by atoms with van der Waals surface area (Å²) in [6.45, 7) is 0. The molecule has 100 valence electrons. The summed E-state index contributed by atoms with van der Waals surface area (Å²) in [6, 6.07) is 4.66. The molecule has 0 saturated heterocycles. The number of nitrogens with two attached hydrogens (primary N) is 1. The number of rotatable bonds is 3. The molecular formula is C13H16F3NO. The third-order valence-electron chi connectivity index (χ3n) is 3.75. The SMILES string of the molecule is COC1(C(N)c2cccc(C(F)(F)F)c2)CCC1. The predicted molar refractivity (Wildman–Crippen MR) is 62.0 cm³/mol. The van der Waals surface area contributed by atoms with Gasteiger partial charge in [-0.2, -0.15) is 13.2 Å². The van der Waals surface area contributed by atoms with Crippen LogP contribution in [0.2, 0.25) is 0 Å². The van der Waals surface area contributed by atoms with Crippen molar-refractivity contribution >= 4 is 0 Å². The Morgan fingerprint density at radius 1 is 1.33 bits per heavy atom. The van der Waals surface area contributed by atoms with Crippen molar-refractivity contribution in [1.29, 1.82) is 0 Å². The Labute approximate surface area is 104 Å². The first-order valence-corrected chi connectivity index (χ1v) is 5.87. The molecule has 0 aromatic heterocycles. The highest BCUT2D eigenvalue weighted by molar-refractivity contribution is 5.30. The lowest BCUT2D eigenvalue weighted by atomic mass is 9.72. The van der Waals surface area contributed by atoms with Crippen LogP contribution in [0.4, 0.5) is 13.2 Å². The topological polar surface area (TPSA) is 35.2 Å². The molecule has 1 fully saturated rings. The van der Waals surface area contributed by atoms with E-state index in [9.17, 15) is 13.2 Å². The van der Waals surface area contributed by atoms with Crippen molar-refractivity contribution in [2.75, 3.05) is 7.11 Å². The number of benzene rings is 1. The Kier molecular flexibility index (Phi) is 3.38. The Morgan fingerprint density at radius 3 is 2.44 bits per heavy atom. The van der Waals surface area contributed by atoms with Crippen molar-refractivity contribution in [3.8, 4) is 0 Å². The van der Waals surface area contributed by atoms with Gasteiger partial charge in [0.1, 0.15) is 0 Å². The molecule has 0 spiro atoms. The summed E-state index contributed by atoms with van der Waals surface area (Å²) in [7, 11) is 1.56. The molecule has 1 unspecified atom stereocenters. The summed E-state index contributed by atoms with van der Waals surface area (Å²) in [5, 5.41) is 0. The van der Waals surface area contributed by atoms with Crippen LogP contribution in [-0.2, 0) is 10.9 Å². The molecule has 2 nitrogen and oxygen atoms in total. The maximum atomic E-state index is 12.6. The highest BCUT2D eigenvalue weighted by atomic mass is 19.4. The van der Waals surface area contributed by atoms with Gasteiger partial charge in [0.25, 0.3) is 0 Å². The molecule has 0 aliphatic heterocycles. The predicted octanol–water partition coefficient (Wildman–Crippen LogP) is 3.27. The van der Waals surface area contributed by atoms with Crippen LogP contribution in [0.25, 0.3) is 0 Å². The summed E-state index contributed by atoms with van der Waals surface area (Å²) >= 11 is 0. The molecule has 1 aliphatic rings. The fourth-order valence-electron chi connectivity index (χ4n) is 2.38. The van der Waals surface area contributed by atoms with Crippen molar-refractivity contribution in [3.63, 3.8) is 0 Å². The molecular weight excluding hydrogens is 243 g/mol. The number of ether oxygens (including phenoxy) is 1. The molecule has 2 rings (SSSR count). The lowest BCUT2D eigenvalue weighted by Gasteiger charge is -2.45. The second-order valence-electron chi connectivity index (χ2n) is 4.72. The fourth-order valence-corrected chi connectivity index (χ4v) is 2.38. The van der Waals surface area contributed by atoms with Crippen molar-refractivity contribution in [2.24, 2.45) is 5.73 Å². The molecule has 1 saturated carbocycles. The molecule has 1 aromatic rings. The molecule has 5 heteroatoms. The summed E-state index contributed by atoms with van der Waals surface area (Å²) in [4.78, 5) is 0. The van der Waals surface area contributed by atoms with Gasteiger partial charge in [-0.1, -0.05) is 12.1 Å². The van der Waals surface area contributed by atoms with Crippen molar-refractivity contribution in [2.45, 2.75) is 37.1 Å². The van der Waals surface area contributed by atoms with E-state index in [4.69, 9.17) is 10.5 Å². The Morgan fingerprint density at radius 2 is 2.00 bits per heavy atom. The minimum atomic E-state index is -4.34. The fraction of sp³-hybridized carbons (Fsp3) is 0.538. The maximum absolute atomic E-state index is 12.6. The van der Waals surface area contributed by atoms with E-state index in [1.165, 1.54) is 6.07 Å². The van der Waals surface area contributed by atoms with Gasteiger partial charge < -0.3 is 10.5 Å². The number of hydrogen-bond acceptors (Lipinski definition) is 2. The Bertz CT molecular complexity index is 421. The number of halogens is 3. The average Bonchev–Trinajstić information content (AvgIpc) is 2.27. The normalized spacial score (nSPS) is 20.3. The molecule has 0 radical (unpaired) electrons. The zero-order valence-electron chi connectivity index (χ0n) is 10.1. The maximum Gasteiger partial charge on any atom is 0.416 e. The van der Waals surface area contributed by atoms with Crippen LogP contribution < -0.4 is 5.73 Å². The highest BCUT2D eigenvalue weighted by Gasteiger charge is 2.43. The standard InChI is InChI=1S/C13H16F3NO/c1-18-12(6-3-7-12)11(17)9-4-2-5-10(8-9)13(14,15)16/h2,4-5,8,11H,3,6-7,17H2,1H3. The van der Waals surface area contributed by atoms with E-state index in [0.29, 0.717) is 5.56 Å². The monoisotopic (exact) mass is 259 g/mol. The van der Waals surface area contributed by atoms with Crippen LogP contribution in [-0.4, -0.2) is 12.7 Å². The zero-order chi connectivity index (χ0) is 13.4. The van der Waals surface area contributed by atoms with Gasteiger partial charge in [0.05, 0.1) is 17.2 Å². The smallest absolute Gasteiger partial charge is 0.376 e. The second kappa shape index (κ2) is 4.55. The van der Waals surface area contributed by atoms with E-state index < -0.39 is 23.4 Å². The Hall–Kier alpha value is -1.07. The highest BCUT2D eigenvalue weighted by Crippen LogP contribution is 2.44. The number of hydrogen-bond donors (Lipinski definition) is 1. The van der Waals surface area contributed by atoms with Gasteiger partial charge >= 0.3 is 6.18 Å². The van der Waals surface area contributed by atoms with E-state index in [1.54, 1.807) is 13.2 Å². The lowest BCUT2D eigenvalue weighted by Crippen LogP contribution is -2.48. The summed E-state index contributed by atoms with van der Waals surface area (Å²) in [5.41, 5.74) is 5.38. The molecule has 0 amide bonds. The van der Waals surface area contributed by atoms with Crippen LogP contribution in [0.15, 0.2) is 24.3 Å². The van der Waals surface area contributed by atoms with E-state index in [0.717, 1.165) is 31.4 Å². The van der Waals surface area contributed by atoms with Crippen LogP contribution in [0.3, 0.4) is 0 Å². The van der Waals surface area contributed by atoms with Gasteiger partial charge in [-0.15, -0.1) is 0 Å². The zero-order valence-corrected chi connectivity index (χ0v) is 10.1. The van der Waals surface area contributed by atoms with Gasteiger partial charge in [-0.25, -0.2) is 0 Å². The summed E-state index contributed by atoms with van der Waals surface area (Å²) in [6.07, 6.45) is -1.75.